The molecule has 0 aliphatic carbocycles. The Morgan fingerprint density at radius 1 is 1.16 bits per heavy atom. The molecule has 0 aliphatic rings. The van der Waals surface area contributed by atoms with Crippen molar-refractivity contribution in [3.05, 3.63) is 41.7 Å². The Hall–Kier alpha value is -2.87. The lowest BCUT2D eigenvalue weighted by Gasteiger charge is -2.12. The summed E-state index contributed by atoms with van der Waals surface area (Å²) in [6.45, 7) is 6.01. The summed E-state index contributed by atoms with van der Waals surface area (Å²) in [5.74, 6) is 0.700. The Bertz CT molecular complexity index is 732. The second kappa shape index (κ2) is 7.80. The number of hydrogen-bond donors (Lipinski definition) is 4. The second-order valence-corrected chi connectivity index (χ2v) is 6.46. The van der Waals surface area contributed by atoms with E-state index in [1.807, 2.05) is 20.8 Å². The highest BCUT2D eigenvalue weighted by Gasteiger charge is 2.20. The smallest absolute Gasteiger partial charge is 0.324 e. The van der Waals surface area contributed by atoms with Gasteiger partial charge in [-0.25, -0.2) is 4.79 Å². The summed E-state index contributed by atoms with van der Waals surface area (Å²) >= 11 is 0. The molecular formula is C17H22N4O4. The Morgan fingerprint density at radius 3 is 2.40 bits per heavy atom. The maximum absolute atomic E-state index is 12.0. The summed E-state index contributed by atoms with van der Waals surface area (Å²) in [5.41, 5.74) is 0.761. The van der Waals surface area contributed by atoms with E-state index in [9.17, 15) is 9.59 Å². The van der Waals surface area contributed by atoms with Gasteiger partial charge < -0.3 is 20.3 Å². The molecule has 0 atom stereocenters. The molecule has 0 spiro atoms. The fourth-order valence-corrected chi connectivity index (χ4v) is 1.94. The number of urea groups is 1. The summed E-state index contributed by atoms with van der Waals surface area (Å²) in [5, 5.41) is 20.3. The quantitative estimate of drug-likeness (QED) is 0.663. The molecule has 1 aromatic heterocycles. The highest BCUT2D eigenvalue weighted by molar-refractivity contribution is 6.00. The third kappa shape index (κ3) is 5.32. The number of nitrogens with zero attached hydrogens (tertiary/aromatic N) is 1. The van der Waals surface area contributed by atoms with E-state index in [4.69, 9.17) is 9.63 Å². The lowest BCUT2D eigenvalue weighted by atomic mass is 9.93. The molecule has 2 aromatic rings. The summed E-state index contributed by atoms with van der Waals surface area (Å²) in [4.78, 5) is 23.7. The van der Waals surface area contributed by atoms with Crippen LogP contribution in [0.3, 0.4) is 0 Å². The summed E-state index contributed by atoms with van der Waals surface area (Å²) in [6, 6.07) is 7.58. The van der Waals surface area contributed by atoms with Crippen LogP contribution in [0.15, 0.2) is 34.9 Å². The van der Waals surface area contributed by atoms with Crippen molar-refractivity contribution in [1.29, 1.82) is 0 Å². The zero-order valence-corrected chi connectivity index (χ0v) is 14.4. The van der Waals surface area contributed by atoms with Crippen LogP contribution in [0.1, 0.15) is 36.9 Å². The van der Waals surface area contributed by atoms with Crippen molar-refractivity contribution in [3.8, 4) is 0 Å². The van der Waals surface area contributed by atoms with Gasteiger partial charge >= 0.3 is 6.03 Å². The number of carbonyl (C=O) groups excluding carboxylic acids is 2. The van der Waals surface area contributed by atoms with Crippen molar-refractivity contribution in [2.24, 2.45) is 0 Å². The van der Waals surface area contributed by atoms with Gasteiger partial charge in [0.2, 0.25) is 0 Å². The van der Waals surface area contributed by atoms with E-state index in [0.29, 0.717) is 22.8 Å². The van der Waals surface area contributed by atoms with Crippen molar-refractivity contribution in [2.45, 2.75) is 26.2 Å². The fourth-order valence-electron chi connectivity index (χ4n) is 1.94. The van der Waals surface area contributed by atoms with Crippen LogP contribution in [0.2, 0.25) is 0 Å². The number of carbonyl (C=O) groups is 2. The van der Waals surface area contributed by atoms with E-state index < -0.39 is 6.03 Å². The molecule has 8 heteroatoms. The Labute approximate surface area is 145 Å². The molecule has 3 amide bonds. The number of nitrogens with one attached hydrogen (secondary N) is 3. The predicted molar refractivity (Wildman–Crippen MR) is 93.7 cm³/mol. The zero-order valence-electron chi connectivity index (χ0n) is 14.4. The van der Waals surface area contributed by atoms with Gasteiger partial charge in [-0.05, 0) is 24.3 Å². The normalized spacial score (nSPS) is 11.0. The molecule has 1 heterocycles. The molecular weight excluding hydrogens is 324 g/mol. The van der Waals surface area contributed by atoms with Crippen molar-refractivity contribution in [1.82, 2.24) is 10.5 Å². The lowest BCUT2D eigenvalue weighted by Crippen LogP contribution is -2.26. The van der Waals surface area contributed by atoms with Gasteiger partial charge in [0.15, 0.2) is 5.82 Å². The van der Waals surface area contributed by atoms with Gasteiger partial charge in [0.25, 0.3) is 5.91 Å². The maximum atomic E-state index is 12.0. The number of amides is 3. The lowest BCUT2D eigenvalue weighted by molar-refractivity contribution is 0.0945. The molecule has 25 heavy (non-hydrogen) atoms. The van der Waals surface area contributed by atoms with Crippen molar-refractivity contribution in [2.75, 3.05) is 23.8 Å². The average Bonchev–Trinajstić information content (AvgIpc) is 3.02. The van der Waals surface area contributed by atoms with Gasteiger partial charge in [0.1, 0.15) is 5.76 Å². The third-order valence-corrected chi connectivity index (χ3v) is 3.29. The van der Waals surface area contributed by atoms with E-state index in [1.54, 1.807) is 30.3 Å². The van der Waals surface area contributed by atoms with Gasteiger partial charge in [-0.3, -0.25) is 10.1 Å². The minimum atomic E-state index is -0.466. The minimum absolute atomic E-state index is 0.121. The van der Waals surface area contributed by atoms with Crippen LogP contribution in [0.4, 0.5) is 16.3 Å². The fraction of sp³-hybridized carbons (Fsp3) is 0.353. The molecule has 8 nitrogen and oxygen atoms in total. The van der Waals surface area contributed by atoms with Crippen molar-refractivity contribution in [3.63, 3.8) is 0 Å². The van der Waals surface area contributed by atoms with Gasteiger partial charge in [0, 0.05) is 29.3 Å². The van der Waals surface area contributed by atoms with Crippen LogP contribution in [0, 0.1) is 0 Å². The molecule has 134 valence electrons. The van der Waals surface area contributed by atoms with Gasteiger partial charge in [0.05, 0.1) is 6.61 Å². The predicted octanol–water partition coefficient (Wildman–Crippen LogP) is 2.34. The number of aliphatic hydroxyl groups excluding tert-OH is 1. The molecule has 0 unspecified atom stereocenters. The van der Waals surface area contributed by atoms with Gasteiger partial charge in [-0.2, -0.15) is 0 Å². The first-order chi connectivity index (χ1) is 11.8. The van der Waals surface area contributed by atoms with E-state index in [0.717, 1.165) is 0 Å². The molecule has 0 saturated carbocycles. The number of aliphatic hydroxyl groups is 1. The molecule has 0 aliphatic heterocycles. The average molecular weight is 346 g/mol. The maximum Gasteiger partial charge on any atom is 0.324 e. The third-order valence-electron chi connectivity index (χ3n) is 3.29. The van der Waals surface area contributed by atoms with E-state index in [2.05, 4.69) is 21.1 Å². The number of anilines is 2. The first kappa shape index (κ1) is 18.5. The van der Waals surface area contributed by atoms with Crippen LogP contribution in [0.5, 0.6) is 0 Å². The molecule has 0 saturated heterocycles. The van der Waals surface area contributed by atoms with Crippen LogP contribution in [-0.2, 0) is 5.41 Å². The van der Waals surface area contributed by atoms with Crippen LogP contribution >= 0.6 is 0 Å². The summed E-state index contributed by atoms with van der Waals surface area (Å²) in [6.07, 6.45) is 0. The monoisotopic (exact) mass is 346 g/mol. The number of rotatable bonds is 5. The minimum Gasteiger partial charge on any atom is -0.395 e. The highest BCUT2D eigenvalue weighted by atomic mass is 16.5. The molecule has 0 fully saturated rings. The number of benzene rings is 1. The topological polar surface area (TPSA) is 116 Å². The standard InChI is InChI=1S/C17H22N4O4/c1-17(2,3)13-10-14(21-25-13)20-16(24)19-12-6-4-11(5-7-12)15(23)18-8-9-22/h4-7,10,22H,8-9H2,1-3H3,(H,18,23)(H2,19,20,21,24). The van der Waals surface area contributed by atoms with E-state index in [-0.39, 0.29) is 24.5 Å². The Kier molecular flexibility index (Phi) is 5.76. The summed E-state index contributed by atoms with van der Waals surface area (Å²) in [7, 11) is 0. The van der Waals surface area contributed by atoms with Crippen LogP contribution in [-0.4, -0.2) is 35.4 Å². The molecule has 0 bridgehead atoms. The highest BCUT2D eigenvalue weighted by Crippen LogP contribution is 2.24. The first-order valence-electron chi connectivity index (χ1n) is 7.84. The van der Waals surface area contributed by atoms with Gasteiger partial charge in [-0.15, -0.1) is 0 Å². The van der Waals surface area contributed by atoms with Crippen LogP contribution < -0.4 is 16.0 Å². The van der Waals surface area contributed by atoms with Crippen LogP contribution in [0.25, 0.3) is 0 Å². The molecule has 2 rings (SSSR count). The Balaban J connectivity index is 1.92. The van der Waals surface area contributed by atoms with Crippen molar-refractivity contribution < 1.29 is 19.2 Å². The Morgan fingerprint density at radius 2 is 1.84 bits per heavy atom. The number of aromatic nitrogens is 1. The summed E-state index contributed by atoms with van der Waals surface area (Å²) < 4.78 is 5.20. The zero-order chi connectivity index (χ0) is 18.4. The molecule has 0 radical (unpaired) electrons. The molecule has 1 aromatic carbocycles. The number of hydrogen-bond acceptors (Lipinski definition) is 5. The SMILES string of the molecule is CC(C)(C)c1cc(NC(=O)Nc2ccc(C(=O)NCCO)cc2)no1. The van der Waals surface area contributed by atoms with E-state index >= 15 is 0 Å². The largest absolute Gasteiger partial charge is 0.395 e. The molecule has 4 N–H and O–H groups in total. The van der Waals surface area contributed by atoms with E-state index in [1.165, 1.54) is 0 Å². The second-order valence-electron chi connectivity index (χ2n) is 6.46. The first-order valence-corrected chi connectivity index (χ1v) is 7.84. The van der Waals surface area contributed by atoms with Crippen molar-refractivity contribution >= 4 is 23.4 Å². The van der Waals surface area contributed by atoms with Gasteiger partial charge in [-0.1, -0.05) is 25.9 Å².